The van der Waals surface area contributed by atoms with Crippen LogP contribution in [-0.2, 0) is 9.59 Å². The molecule has 2 amide bonds. The molecular weight excluding hydrogens is 458 g/mol. The van der Waals surface area contributed by atoms with Crippen LogP contribution >= 0.6 is 0 Å². The summed E-state index contributed by atoms with van der Waals surface area (Å²) in [6.45, 7) is 1.92. The molecule has 0 aliphatic carbocycles. The molecule has 37 heavy (non-hydrogen) atoms. The lowest BCUT2D eigenvalue weighted by Crippen LogP contribution is -2.44. The van der Waals surface area contributed by atoms with Gasteiger partial charge < -0.3 is 5.32 Å². The molecule has 0 saturated carbocycles. The van der Waals surface area contributed by atoms with E-state index in [1.807, 2.05) is 97.9 Å². The Kier molecular flexibility index (Phi) is 8.46. The summed E-state index contributed by atoms with van der Waals surface area (Å²) in [5.41, 5.74) is 4.27. The molecule has 0 aliphatic rings. The summed E-state index contributed by atoms with van der Waals surface area (Å²) in [4.78, 5) is 33.2. The molecule has 0 aliphatic heterocycles. The summed E-state index contributed by atoms with van der Waals surface area (Å²) in [7, 11) is 0. The monoisotopic (exact) mass is 487 g/mol. The predicted molar refractivity (Wildman–Crippen MR) is 147 cm³/mol. The first-order valence-corrected chi connectivity index (χ1v) is 12.2. The minimum atomic E-state index is -0.923. The van der Waals surface area contributed by atoms with E-state index in [0.29, 0.717) is 11.3 Å². The standard InChI is InChI=1S/C32H29N3O2/c1-3-4-17-30(36)35(29-20-18-27(19-21-29)26-14-9-6-10-15-26)31(28-16-11-22-33-23-28)32(37)34-24(2)25-12-7-5-8-13-25/h1,5-16,18-24,31H,4,17H2,2H3,(H,34,37)/t24-,31?/m0/s1. The van der Waals surface area contributed by atoms with E-state index in [9.17, 15) is 9.59 Å². The third-order valence-electron chi connectivity index (χ3n) is 6.17. The number of benzene rings is 3. The number of amides is 2. The number of rotatable bonds is 9. The summed E-state index contributed by atoms with van der Waals surface area (Å²) in [6.07, 6.45) is 9.13. The summed E-state index contributed by atoms with van der Waals surface area (Å²) >= 11 is 0. The van der Waals surface area contributed by atoms with E-state index in [1.54, 1.807) is 18.5 Å². The van der Waals surface area contributed by atoms with Crippen molar-refractivity contribution in [2.24, 2.45) is 0 Å². The van der Waals surface area contributed by atoms with Crippen molar-refractivity contribution in [1.29, 1.82) is 0 Å². The van der Waals surface area contributed by atoms with Crippen LogP contribution in [0.1, 0.15) is 43.0 Å². The highest BCUT2D eigenvalue weighted by Crippen LogP contribution is 2.31. The van der Waals surface area contributed by atoms with Gasteiger partial charge >= 0.3 is 0 Å². The lowest BCUT2D eigenvalue weighted by molar-refractivity contribution is -0.127. The Balaban J connectivity index is 1.73. The molecule has 2 atom stereocenters. The van der Waals surface area contributed by atoms with E-state index in [4.69, 9.17) is 6.42 Å². The molecule has 1 unspecified atom stereocenters. The average Bonchev–Trinajstić information content (AvgIpc) is 2.96. The first-order chi connectivity index (χ1) is 18.1. The fraction of sp³-hybridized carbons (Fsp3) is 0.156. The molecule has 4 rings (SSSR count). The van der Waals surface area contributed by atoms with Gasteiger partial charge in [0.2, 0.25) is 11.8 Å². The molecule has 1 heterocycles. The molecule has 4 aromatic rings. The molecule has 3 aromatic carbocycles. The average molecular weight is 488 g/mol. The molecule has 5 nitrogen and oxygen atoms in total. The van der Waals surface area contributed by atoms with Crippen LogP contribution in [-0.4, -0.2) is 16.8 Å². The van der Waals surface area contributed by atoms with Crippen molar-refractivity contribution in [3.05, 3.63) is 121 Å². The fourth-order valence-corrected chi connectivity index (χ4v) is 4.25. The van der Waals surface area contributed by atoms with E-state index < -0.39 is 6.04 Å². The topological polar surface area (TPSA) is 62.3 Å². The van der Waals surface area contributed by atoms with Crippen LogP contribution in [0.4, 0.5) is 5.69 Å². The molecule has 0 radical (unpaired) electrons. The van der Waals surface area contributed by atoms with Crippen molar-refractivity contribution in [3.8, 4) is 23.5 Å². The second-order valence-corrected chi connectivity index (χ2v) is 8.71. The zero-order chi connectivity index (χ0) is 26.0. The number of nitrogens with one attached hydrogen (secondary N) is 1. The Morgan fingerprint density at radius 2 is 1.49 bits per heavy atom. The van der Waals surface area contributed by atoms with Gasteiger partial charge in [0.1, 0.15) is 6.04 Å². The van der Waals surface area contributed by atoms with Crippen LogP contribution in [0.3, 0.4) is 0 Å². The smallest absolute Gasteiger partial charge is 0.248 e. The second kappa shape index (κ2) is 12.3. The summed E-state index contributed by atoms with van der Waals surface area (Å²) in [6, 6.07) is 29.7. The van der Waals surface area contributed by atoms with Gasteiger partial charge in [-0.05, 0) is 41.8 Å². The molecule has 0 fully saturated rings. The molecule has 0 spiro atoms. The quantitative estimate of drug-likeness (QED) is 0.290. The largest absolute Gasteiger partial charge is 0.347 e. The number of terminal acetylenes is 1. The number of pyridine rings is 1. The molecule has 1 aromatic heterocycles. The lowest BCUT2D eigenvalue weighted by Gasteiger charge is -2.32. The maximum Gasteiger partial charge on any atom is 0.248 e. The minimum Gasteiger partial charge on any atom is -0.347 e. The zero-order valence-electron chi connectivity index (χ0n) is 20.7. The normalized spacial score (nSPS) is 12.1. The maximum atomic E-state index is 13.8. The Hall–Kier alpha value is -4.69. The first-order valence-electron chi connectivity index (χ1n) is 12.2. The number of carbonyl (C=O) groups is 2. The summed E-state index contributed by atoms with van der Waals surface area (Å²) < 4.78 is 0. The SMILES string of the molecule is C#CCCC(=O)N(c1ccc(-c2ccccc2)cc1)C(C(=O)N[C@@H](C)c1ccccc1)c1cccnc1. The molecule has 184 valence electrons. The zero-order valence-corrected chi connectivity index (χ0v) is 20.7. The van der Waals surface area contributed by atoms with Crippen molar-refractivity contribution in [2.75, 3.05) is 4.90 Å². The van der Waals surface area contributed by atoms with Crippen LogP contribution in [0.2, 0.25) is 0 Å². The second-order valence-electron chi connectivity index (χ2n) is 8.71. The van der Waals surface area contributed by atoms with Gasteiger partial charge in [0.15, 0.2) is 0 Å². The van der Waals surface area contributed by atoms with E-state index in [1.165, 1.54) is 4.90 Å². The first kappa shape index (κ1) is 25.4. The molecule has 0 bridgehead atoms. The maximum absolute atomic E-state index is 13.8. The Labute approximate surface area is 218 Å². The third kappa shape index (κ3) is 6.31. The van der Waals surface area contributed by atoms with Gasteiger partial charge in [-0.1, -0.05) is 78.9 Å². The number of nitrogens with zero attached hydrogens (tertiary/aromatic N) is 2. The predicted octanol–water partition coefficient (Wildman–Crippen LogP) is 6.11. The van der Waals surface area contributed by atoms with Gasteiger partial charge in [-0.15, -0.1) is 12.3 Å². The number of hydrogen-bond acceptors (Lipinski definition) is 3. The van der Waals surface area contributed by atoms with Gasteiger partial charge in [-0.25, -0.2) is 0 Å². The van der Waals surface area contributed by atoms with Crippen molar-refractivity contribution in [3.63, 3.8) is 0 Å². The van der Waals surface area contributed by atoms with Gasteiger partial charge in [-0.3, -0.25) is 19.5 Å². The van der Waals surface area contributed by atoms with Gasteiger partial charge in [0.05, 0.1) is 6.04 Å². The third-order valence-corrected chi connectivity index (χ3v) is 6.17. The lowest BCUT2D eigenvalue weighted by atomic mass is 10.0. The van der Waals surface area contributed by atoms with Crippen LogP contribution in [0, 0.1) is 12.3 Å². The fourth-order valence-electron chi connectivity index (χ4n) is 4.25. The van der Waals surface area contributed by atoms with Crippen molar-refractivity contribution < 1.29 is 9.59 Å². The van der Waals surface area contributed by atoms with Crippen molar-refractivity contribution in [2.45, 2.75) is 31.8 Å². The van der Waals surface area contributed by atoms with E-state index in [0.717, 1.165) is 16.7 Å². The van der Waals surface area contributed by atoms with Crippen LogP contribution in [0.5, 0.6) is 0 Å². The van der Waals surface area contributed by atoms with Gasteiger partial charge in [-0.2, -0.15) is 0 Å². The summed E-state index contributed by atoms with van der Waals surface area (Å²) in [5, 5.41) is 3.09. The Morgan fingerprint density at radius 3 is 2.11 bits per heavy atom. The number of anilines is 1. The Morgan fingerprint density at radius 1 is 0.865 bits per heavy atom. The van der Waals surface area contributed by atoms with Crippen LogP contribution in [0.15, 0.2) is 109 Å². The molecule has 1 N–H and O–H groups in total. The number of carbonyl (C=O) groups excluding carboxylic acids is 2. The number of hydrogen-bond donors (Lipinski definition) is 1. The van der Waals surface area contributed by atoms with Crippen molar-refractivity contribution in [1.82, 2.24) is 10.3 Å². The molecular formula is C32H29N3O2. The molecule has 0 saturated heterocycles. The van der Waals surface area contributed by atoms with Gasteiger partial charge in [0.25, 0.3) is 0 Å². The van der Waals surface area contributed by atoms with Crippen molar-refractivity contribution >= 4 is 17.5 Å². The highest BCUT2D eigenvalue weighted by Gasteiger charge is 2.33. The highest BCUT2D eigenvalue weighted by atomic mass is 16.2. The Bertz CT molecular complexity index is 1350. The van der Waals surface area contributed by atoms with Gasteiger partial charge in [0, 0.05) is 36.5 Å². The van der Waals surface area contributed by atoms with E-state index in [-0.39, 0.29) is 30.7 Å². The van der Waals surface area contributed by atoms with Crippen LogP contribution < -0.4 is 10.2 Å². The summed E-state index contributed by atoms with van der Waals surface area (Å²) in [5.74, 6) is 2.00. The van der Waals surface area contributed by atoms with E-state index in [2.05, 4.69) is 16.2 Å². The van der Waals surface area contributed by atoms with Crippen LogP contribution in [0.25, 0.3) is 11.1 Å². The number of aromatic nitrogens is 1. The highest BCUT2D eigenvalue weighted by molar-refractivity contribution is 6.01. The molecule has 5 heteroatoms. The van der Waals surface area contributed by atoms with E-state index >= 15 is 0 Å². The minimum absolute atomic E-state index is 0.120.